The highest BCUT2D eigenvalue weighted by atomic mass is 19.4. The molecule has 1 saturated carbocycles. The van der Waals surface area contributed by atoms with E-state index in [4.69, 9.17) is 5.26 Å². The summed E-state index contributed by atoms with van der Waals surface area (Å²) in [6.07, 6.45) is -2.59. The average Bonchev–Trinajstić information content (AvgIpc) is 2.44. The van der Waals surface area contributed by atoms with E-state index in [9.17, 15) is 18.3 Å². The second-order valence-electron chi connectivity index (χ2n) is 7.24. The summed E-state index contributed by atoms with van der Waals surface area (Å²) >= 11 is 0. The number of aliphatic hydroxyl groups excluding tert-OH is 1. The van der Waals surface area contributed by atoms with Gasteiger partial charge in [0.15, 0.2) is 0 Å². The number of aliphatic hydroxyl groups is 1. The highest BCUT2D eigenvalue weighted by Crippen LogP contribution is 2.50. The van der Waals surface area contributed by atoms with E-state index >= 15 is 0 Å². The normalized spacial score (nSPS) is 25.7. The quantitative estimate of drug-likeness (QED) is 0.824. The van der Waals surface area contributed by atoms with Gasteiger partial charge in [0.1, 0.15) is 0 Å². The summed E-state index contributed by atoms with van der Waals surface area (Å²) in [6, 6.07) is 5.10. The molecule has 1 aromatic carbocycles. The summed E-state index contributed by atoms with van der Waals surface area (Å²) in [5, 5.41) is 19.6. The van der Waals surface area contributed by atoms with E-state index in [1.807, 2.05) is 6.92 Å². The van der Waals surface area contributed by atoms with E-state index in [2.05, 4.69) is 13.8 Å². The van der Waals surface area contributed by atoms with Crippen molar-refractivity contribution in [1.29, 1.82) is 5.26 Å². The smallest absolute Gasteiger partial charge is 0.388 e. The number of alkyl halides is 3. The van der Waals surface area contributed by atoms with Gasteiger partial charge in [-0.2, -0.15) is 18.4 Å². The number of nitriles is 1. The standard InChI is InChI=1S/C18H22F3NO/c1-11-5-4-8-17(2,3)15(11)16(23)12-6-7-13(10-22)14(9-12)18(19,20)21/h6-7,9,11,15-16,23H,4-5,8H2,1-3H3/t11-,15-,16+/m0/s1. The second-order valence-corrected chi connectivity index (χ2v) is 7.24. The Balaban J connectivity index is 2.43. The van der Waals surface area contributed by atoms with Gasteiger partial charge in [-0.1, -0.05) is 39.7 Å². The third-order valence-corrected chi connectivity index (χ3v) is 5.15. The van der Waals surface area contributed by atoms with Crippen LogP contribution in [0.3, 0.4) is 0 Å². The van der Waals surface area contributed by atoms with Gasteiger partial charge in [-0.3, -0.25) is 0 Å². The largest absolute Gasteiger partial charge is 0.417 e. The fourth-order valence-electron chi connectivity index (χ4n) is 4.02. The van der Waals surface area contributed by atoms with Crippen LogP contribution in [-0.2, 0) is 6.18 Å². The molecule has 1 fully saturated rings. The molecule has 0 bridgehead atoms. The maximum Gasteiger partial charge on any atom is 0.417 e. The first kappa shape index (κ1) is 17.8. The molecule has 0 unspecified atom stereocenters. The fourth-order valence-corrected chi connectivity index (χ4v) is 4.02. The molecule has 126 valence electrons. The summed E-state index contributed by atoms with van der Waals surface area (Å²) in [7, 11) is 0. The Bertz CT molecular complexity index is 616. The van der Waals surface area contributed by atoms with Gasteiger partial charge < -0.3 is 5.11 Å². The highest BCUT2D eigenvalue weighted by Gasteiger charge is 2.42. The first-order valence-electron chi connectivity index (χ1n) is 7.87. The molecule has 23 heavy (non-hydrogen) atoms. The molecule has 2 nitrogen and oxygen atoms in total. The van der Waals surface area contributed by atoms with Crippen molar-refractivity contribution in [2.24, 2.45) is 17.3 Å². The number of nitrogens with zero attached hydrogens (tertiary/aromatic N) is 1. The van der Waals surface area contributed by atoms with Crippen molar-refractivity contribution >= 4 is 0 Å². The highest BCUT2D eigenvalue weighted by molar-refractivity contribution is 5.42. The van der Waals surface area contributed by atoms with Crippen LogP contribution in [0.1, 0.15) is 62.8 Å². The monoisotopic (exact) mass is 325 g/mol. The number of benzene rings is 1. The first-order valence-corrected chi connectivity index (χ1v) is 7.87. The minimum Gasteiger partial charge on any atom is -0.388 e. The molecule has 3 atom stereocenters. The molecule has 5 heteroatoms. The molecule has 0 saturated heterocycles. The Morgan fingerprint density at radius 3 is 2.52 bits per heavy atom. The zero-order valence-corrected chi connectivity index (χ0v) is 13.6. The van der Waals surface area contributed by atoms with Crippen LogP contribution in [0.4, 0.5) is 13.2 Å². The summed E-state index contributed by atoms with van der Waals surface area (Å²) in [4.78, 5) is 0. The first-order chi connectivity index (χ1) is 10.6. The van der Waals surface area contributed by atoms with Gasteiger partial charge in [-0.05, 0) is 41.4 Å². The lowest BCUT2D eigenvalue weighted by Gasteiger charge is -2.45. The molecule has 1 aliphatic rings. The van der Waals surface area contributed by atoms with Crippen LogP contribution in [0.2, 0.25) is 0 Å². The van der Waals surface area contributed by atoms with Gasteiger partial charge in [0.05, 0.1) is 23.3 Å². The van der Waals surface area contributed by atoms with E-state index in [1.165, 1.54) is 6.07 Å². The van der Waals surface area contributed by atoms with E-state index < -0.39 is 23.4 Å². The van der Waals surface area contributed by atoms with Crippen molar-refractivity contribution in [2.75, 3.05) is 0 Å². The molecule has 0 spiro atoms. The lowest BCUT2D eigenvalue weighted by Crippen LogP contribution is -2.38. The van der Waals surface area contributed by atoms with Crippen molar-refractivity contribution in [1.82, 2.24) is 0 Å². The van der Waals surface area contributed by atoms with Crippen LogP contribution in [0.15, 0.2) is 18.2 Å². The minimum atomic E-state index is -4.60. The van der Waals surface area contributed by atoms with Crippen molar-refractivity contribution < 1.29 is 18.3 Å². The number of hydrogen-bond donors (Lipinski definition) is 1. The summed E-state index contributed by atoms with van der Waals surface area (Å²) < 4.78 is 39.4. The maximum absolute atomic E-state index is 13.1. The Hall–Kier alpha value is -1.54. The van der Waals surface area contributed by atoms with Gasteiger partial charge in [-0.25, -0.2) is 0 Å². The lowest BCUT2D eigenvalue weighted by atomic mass is 9.61. The molecule has 0 heterocycles. The van der Waals surface area contributed by atoms with Crippen LogP contribution in [0.5, 0.6) is 0 Å². The van der Waals surface area contributed by atoms with Crippen LogP contribution in [0, 0.1) is 28.6 Å². The van der Waals surface area contributed by atoms with Gasteiger partial charge in [0, 0.05) is 0 Å². The molecular formula is C18H22F3NO. The Labute approximate surface area is 134 Å². The predicted molar refractivity (Wildman–Crippen MR) is 81.4 cm³/mol. The number of halogens is 3. The molecule has 0 radical (unpaired) electrons. The van der Waals surface area contributed by atoms with E-state index in [0.29, 0.717) is 0 Å². The van der Waals surface area contributed by atoms with Crippen molar-refractivity contribution in [2.45, 2.75) is 52.3 Å². The third-order valence-electron chi connectivity index (χ3n) is 5.15. The van der Waals surface area contributed by atoms with E-state index in [-0.39, 0.29) is 22.8 Å². The zero-order valence-electron chi connectivity index (χ0n) is 13.6. The Morgan fingerprint density at radius 2 is 2.00 bits per heavy atom. The third kappa shape index (κ3) is 3.53. The number of hydrogen-bond acceptors (Lipinski definition) is 2. The molecule has 1 N–H and O–H groups in total. The Morgan fingerprint density at radius 1 is 1.35 bits per heavy atom. The van der Waals surface area contributed by atoms with Gasteiger partial charge >= 0.3 is 6.18 Å². The Kier molecular flexibility index (Phi) is 4.77. The average molecular weight is 325 g/mol. The van der Waals surface area contributed by atoms with Gasteiger partial charge in [-0.15, -0.1) is 0 Å². The predicted octanol–water partition coefficient (Wildman–Crippen LogP) is 5.07. The maximum atomic E-state index is 13.1. The molecule has 0 aromatic heterocycles. The molecule has 1 aromatic rings. The summed E-state index contributed by atoms with van der Waals surface area (Å²) in [6.45, 7) is 6.17. The van der Waals surface area contributed by atoms with Gasteiger partial charge in [0.25, 0.3) is 0 Å². The molecule has 1 aliphatic carbocycles. The zero-order chi connectivity index (χ0) is 17.4. The topological polar surface area (TPSA) is 44.0 Å². The van der Waals surface area contributed by atoms with Crippen molar-refractivity contribution in [3.05, 3.63) is 34.9 Å². The lowest BCUT2D eigenvalue weighted by molar-refractivity contribution is -0.137. The summed E-state index contributed by atoms with van der Waals surface area (Å²) in [5.74, 6) is 0.129. The number of rotatable bonds is 2. The minimum absolute atomic E-state index is 0.106. The fraction of sp³-hybridized carbons (Fsp3) is 0.611. The van der Waals surface area contributed by atoms with Crippen LogP contribution >= 0.6 is 0 Å². The van der Waals surface area contributed by atoms with E-state index in [0.717, 1.165) is 31.4 Å². The molecule has 0 aliphatic heterocycles. The molecule has 2 rings (SSSR count). The van der Waals surface area contributed by atoms with Crippen molar-refractivity contribution in [3.63, 3.8) is 0 Å². The van der Waals surface area contributed by atoms with Gasteiger partial charge in [0.2, 0.25) is 0 Å². The molecule has 0 amide bonds. The van der Waals surface area contributed by atoms with Crippen LogP contribution in [-0.4, -0.2) is 5.11 Å². The summed E-state index contributed by atoms with van der Waals surface area (Å²) in [5.41, 5.74) is -1.28. The van der Waals surface area contributed by atoms with E-state index in [1.54, 1.807) is 6.07 Å². The van der Waals surface area contributed by atoms with Crippen LogP contribution < -0.4 is 0 Å². The second kappa shape index (κ2) is 6.16. The SMILES string of the molecule is C[C@H]1CCCC(C)(C)[C@@H]1[C@H](O)c1ccc(C#N)c(C(F)(F)F)c1. The van der Waals surface area contributed by atoms with Crippen molar-refractivity contribution in [3.8, 4) is 6.07 Å². The molecular weight excluding hydrogens is 303 g/mol. The van der Waals surface area contributed by atoms with Crippen LogP contribution in [0.25, 0.3) is 0 Å².